The molecule has 1 rings (SSSR count). The van der Waals surface area contributed by atoms with E-state index in [2.05, 4.69) is 5.32 Å². The maximum atomic E-state index is 9.94. The van der Waals surface area contributed by atoms with Crippen LogP contribution in [0.2, 0.25) is 0 Å². The van der Waals surface area contributed by atoms with E-state index in [0.717, 1.165) is 12.0 Å². The van der Waals surface area contributed by atoms with Crippen molar-refractivity contribution in [2.75, 3.05) is 11.9 Å². The Morgan fingerprint density at radius 3 is 3.00 bits per heavy atom. The van der Waals surface area contributed by atoms with E-state index in [0.29, 0.717) is 0 Å². The molecule has 0 aliphatic heterocycles. The second-order valence-electron chi connectivity index (χ2n) is 2.10. The highest BCUT2D eigenvalue weighted by molar-refractivity contribution is 5.59. The van der Waals surface area contributed by atoms with E-state index in [9.17, 15) is 4.79 Å². The molecule has 0 saturated carbocycles. The number of carbonyl (C=O) groups is 1. The van der Waals surface area contributed by atoms with Crippen molar-refractivity contribution < 1.29 is 9.90 Å². The zero-order valence-electron chi connectivity index (χ0n) is 5.95. The molecule has 2 N–H and O–H groups in total. The number of hydrogen-bond donors (Lipinski definition) is 2. The van der Waals surface area contributed by atoms with Crippen LogP contribution in [-0.4, -0.2) is 17.9 Å². The first kappa shape index (κ1) is 7.60. The number of benzene rings is 1. The molecule has 0 saturated heterocycles. The molecule has 0 atom stereocenters. The van der Waals surface area contributed by atoms with Crippen molar-refractivity contribution in [3.8, 4) is 5.75 Å². The van der Waals surface area contributed by atoms with E-state index in [-0.39, 0.29) is 12.3 Å². The van der Waals surface area contributed by atoms with Gasteiger partial charge in [-0.3, -0.25) is 0 Å². The summed E-state index contributed by atoms with van der Waals surface area (Å²) in [7, 11) is 0. The molecule has 0 spiro atoms. The Balaban J connectivity index is 2.63. The summed E-state index contributed by atoms with van der Waals surface area (Å²) >= 11 is 0. The van der Waals surface area contributed by atoms with Crippen molar-refractivity contribution in [2.24, 2.45) is 0 Å². The average Bonchev–Trinajstić information content (AvgIpc) is 2.01. The molecule has 1 aromatic carbocycles. The van der Waals surface area contributed by atoms with Crippen LogP contribution in [0.25, 0.3) is 0 Å². The minimum absolute atomic E-state index is 0.195. The number of rotatable bonds is 3. The average molecular weight is 151 g/mol. The Kier molecular flexibility index (Phi) is 2.49. The fourth-order valence-electron chi connectivity index (χ4n) is 0.775. The van der Waals surface area contributed by atoms with Crippen LogP contribution in [0.5, 0.6) is 5.75 Å². The summed E-state index contributed by atoms with van der Waals surface area (Å²) < 4.78 is 0. The van der Waals surface area contributed by atoms with Crippen molar-refractivity contribution in [1.82, 2.24) is 0 Å². The molecule has 0 fully saturated rings. The van der Waals surface area contributed by atoms with Gasteiger partial charge >= 0.3 is 0 Å². The topological polar surface area (TPSA) is 49.3 Å². The molecule has 3 nitrogen and oxygen atoms in total. The molecule has 58 valence electrons. The monoisotopic (exact) mass is 151 g/mol. The predicted molar refractivity (Wildman–Crippen MR) is 42.7 cm³/mol. The quantitative estimate of drug-likeness (QED) is 0.633. The normalized spacial score (nSPS) is 9.09. The third-order valence-corrected chi connectivity index (χ3v) is 1.24. The van der Waals surface area contributed by atoms with Gasteiger partial charge < -0.3 is 15.2 Å². The van der Waals surface area contributed by atoms with Crippen molar-refractivity contribution in [2.45, 2.75) is 0 Å². The van der Waals surface area contributed by atoms with Gasteiger partial charge in [-0.15, -0.1) is 0 Å². The van der Waals surface area contributed by atoms with Crippen LogP contribution in [0, 0.1) is 0 Å². The minimum atomic E-state index is 0.195. The number of aromatic hydroxyl groups is 1. The van der Waals surface area contributed by atoms with E-state index in [1.165, 1.54) is 0 Å². The van der Waals surface area contributed by atoms with E-state index in [1.54, 1.807) is 24.3 Å². The predicted octanol–water partition coefficient (Wildman–Crippen LogP) is 1.00. The van der Waals surface area contributed by atoms with Crippen molar-refractivity contribution in [1.29, 1.82) is 0 Å². The largest absolute Gasteiger partial charge is 0.508 e. The highest BCUT2D eigenvalue weighted by atomic mass is 16.3. The standard InChI is InChI=1S/C8H9NO2/c10-5-4-9-7-2-1-3-8(11)6-7/h1-3,5-6,9,11H,4H2. The summed E-state index contributed by atoms with van der Waals surface area (Å²) in [4.78, 5) is 9.94. The maximum absolute atomic E-state index is 9.94. The Morgan fingerprint density at radius 1 is 1.55 bits per heavy atom. The van der Waals surface area contributed by atoms with Gasteiger partial charge in [0.05, 0.1) is 6.54 Å². The molecule has 0 aliphatic carbocycles. The summed E-state index contributed by atoms with van der Waals surface area (Å²) in [5.74, 6) is 0.195. The van der Waals surface area contributed by atoms with E-state index < -0.39 is 0 Å². The van der Waals surface area contributed by atoms with Gasteiger partial charge in [0.2, 0.25) is 0 Å². The summed E-state index contributed by atoms with van der Waals surface area (Å²) in [5.41, 5.74) is 0.747. The van der Waals surface area contributed by atoms with Crippen LogP contribution in [0.4, 0.5) is 5.69 Å². The number of nitrogens with one attached hydrogen (secondary N) is 1. The lowest BCUT2D eigenvalue weighted by Gasteiger charge is -2.00. The third kappa shape index (κ3) is 2.29. The molecule has 0 amide bonds. The Bertz CT molecular complexity index is 248. The number of anilines is 1. The van der Waals surface area contributed by atoms with Crippen molar-refractivity contribution in [3.63, 3.8) is 0 Å². The van der Waals surface area contributed by atoms with Crippen LogP contribution in [0.1, 0.15) is 0 Å². The lowest BCUT2D eigenvalue weighted by atomic mass is 10.3. The van der Waals surface area contributed by atoms with Gasteiger partial charge in [0, 0.05) is 11.8 Å². The van der Waals surface area contributed by atoms with E-state index in [4.69, 9.17) is 5.11 Å². The van der Waals surface area contributed by atoms with Crippen LogP contribution in [0.15, 0.2) is 24.3 Å². The first-order valence-corrected chi connectivity index (χ1v) is 3.29. The van der Waals surface area contributed by atoms with Crippen molar-refractivity contribution in [3.05, 3.63) is 24.3 Å². The smallest absolute Gasteiger partial charge is 0.139 e. The highest BCUT2D eigenvalue weighted by Gasteiger charge is 1.90. The lowest BCUT2D eigenvalue weighted by molar-refractivity contribution is -0.106. The van der Waals surface area contributed by atoms with Crippen molar-refractivity contribution >= 4 is 12.0 Å². The zero-order valence-corrected chi connectivity index (χ0v) is 5.95. The van der Waals surface area contributed by atoms with Crippen LogP contribution < -0.4 is 5.32 Å². The van der Waals surface area contributed by atoms with Gasteiger partial charge in [-0.1, -0.05) is 6.07 Å². The Hall–Kier alpha value is -1.51. The molecular weight excluding hydrogens is 142 g/mol. The Morgan fingerprint density at radius 2 is 2.36 bits per heavy atom. The maximum Gasteiger partial charge on any atom is 0.139 e. The lowest BCUT2D eigenvalue weighted by Crippen LogP contribution is -2.01. The van der Waals surface area contributed by atoms with Gasteiger partial charge in [0.1, 0.15) is 12.0 Å². The van der Waals surface area contributed by atoms with E-state index in [1.807, 2.05) is 0 Å². The first-order valence-electron chi connectivity index (χ1n) is 3.29. The second kappa shape index (κ2) is 3.61. The van der Waals surface area contributed by atoms with Crippen LogP contribution >= 0.6 is 0 Å². The molecular formula is C8H9NO2. The highest BCUT2D eigenvalue weighted by Crippen LogP contribution is 2.14. The molecule has 1 aromatic rings. The number of phenols is 1. The Labute approximate surface area is 64.7 Å². The number of aldehydes is 1. The molecule has 0 radical (unpaired) electrons. The SMILES string of the molecule is O=CCNc1cccc(O)c1. The fraction of sp³-hybridized carbons (Fsp3) is 0.125. The van der Waals surface area contributed by atoms with Gasteiger partial charge in [0.25, 0.3) is 0 Å². The molecule has 0 heterocycles. The molecule has 0 aliphatic rings. The number of carbonyl (C=O) groups excluding carboxylic acids is 1. The first-order chi connectivity index (χ1) is 5.33. The van der Waals surface area contributed by atoms with Gasteiger partial charge in [-0.2, -0.15) is 0 Å². The van der Waals surface area contributed by atoms with Crippen LogP contribution in [0.3, 0.4) is 0 Å². The minimum Gasteiger partial charge on any atom is -0.508 e. The van der Waals surface area contributed by atoms with E-state index >= 15 is 0 Å². The molecule has 0 bridgehead atoms. The van der Waals surface area contributed by atoms with Gasteiger partial charge in [0.15, 0.2) is 0 Å². The summed E-state index contributed by atoms with van der Waals surface area (Å²) in [6.07, 6.45) is 0.768. The molecule has 0 unspecified atom stereocenters. The summed E-state index contributed by atoms with van der Waals surface area (Å²) in [6.45, 7) is 0.267. The number of phenolic OH excluding ortho intramolecular Hbond substituents is 1. The fourth-order valence-corrected chi connectivity index (χ4v) is 0.775. The second-order valence-corrected chi connectivity index (χ2v) is 2.10. The summed E-state index contributed by atoms with van der Waals surface area (Å²) in [6, 6.07) is 6.63. The third-order valence-electron chi connectivity index (χ3n) is 1.24. The van der Waals surface area contributed by atoms with Gasteiger partial charge in [-0.25, -0.2) is 0 Å². The van der Waals surface area contributed by atoms with Crippen LogP contribution in [-0.2, 0) is 4.79 Å². The zero-order chi connectivity index (χ0) is 8.10. The molecule has 3 heteroatoms. The van der Waals surface area contributed by atoms with Gasteiger partial charge in [-0.05, 0) is 12.1 Å². The molecule has 11 heavy (non-hydrogen) atoms. The molecule has 0 aromatic heterocycles. The summed E-state index contributed by atoms with van der Waals surface area (Å²) in [5, 5.41) is 11.8. The number of hydrogen-bond acceptors (Lipinski definition) is 3.